The van der Waals surface area contributed by atoms with Crippen LogP contribution in [0.5, 0.6) is 0 Å². The van der Waals surface area contributed by atoms with E-state index in [1.54, 1.807) is 6.20 Å². The fourth-order valence-electron chi connectivity index (χ4n) is 1.63. The summed E-state index contributed by atoms with van der Waals surface area (Å²) in [5, 5.41) is 9.00. The number of hydrogen-bond donors (Lipinski definition) is 1. The number of aliphatic carboxylic acids is 1. The van der Waals surface area contributed by atoms with Crippen molar-refractivity contribution in [3.8, 4) is 0 Å². The lowest BCUT2D eigenvalue weighted by Crippen LogP contribution is -2.10. The van der Waals surface area contributed by atoms with Gasteiger partial charge in [0.2, 0.25) is 0 Å². The molecule has 0 saturated heterocycles. The largest absolute Gasteiger partial charge is 0.481 e. The molecule has 15 heavy (non-hydrogen) atoms. The highest BCUT2D eigenvalue weighted by molar-refractivity contribution is 5.75. The van der Waals surface area contributed by atoms with Gasteiger partial charge in [0.05, 0.1) is 5.69 Å². The van der Waals surface area contributed by atoms with E-state index in [-0.39, 0.29) is 0 Å². The van der Waals surface area contributed by atoms with E-state index in [2.05, 4.69) is 4.98 Å². The molecule has 0 radical (unpaired) electrons. The third-order valence-corrected chi connectivity index (χ3v) is 2.45. The molecule has 2 aromatic rings. The molecule has 0 aliphatic carbocycles. The van der Waals surface area contributed by atoms with Crippen molar-refractivity contribution in [2.24, 2.45) is 0 Å². The van der Waals surface area contributed by atoms with Crippen LogP contribution in [0.1, 0.15) is 25.0 Å². The Kier molecular flexibility index (Phi) is 2.41. The minimum Gasteiger partial charge on any atom is -0.481 e. The van der Waals surface area contributed by atoms with E-state index in [9.17, 15) is 4.79 Å². The van der Waals surface area contributed by atoms with Gasteiger partial charge in [0.25, 0.3) is 0 Å². The Morgan fingerprint density at radius 2 is 2.40 bits per heavy atom. The van der Waals surface area contributed by atoms with Crippen LogP contribution in [-0.4, -0.2) is 20.5 Å². The normalized spacial score (nSPS) is 12.9. The fourth-order valence-corrected chi connectivity index (χ4v) is 1.63. The van der Waals surface area contributed by atoms with Crippen LogP contribution in [0.15, 0.2) is 30.6 Å². The van der Waals surface area contributed by atoms with Crippen molar-refractivity contribution >= 4 is 11.6 Å². The average molecular weight is 204 g/mol. The first-order valence-electron chi connectivity index (χ1n) is 4.89. The molecule has 1 N–H and O–H groups in total. The van der Waals surface area contributed by atoms with Crippen molar-refractivity contribution in [2.75, 3.05) is 0 Å². The number of hydrogen-bond acceptors (Lipinski definition) is 2. The summed E-state index contributed by atoms with van der Waals surface area (Å²) in [4.78, 5) is 15.2. The molecule has 1 unspecified atom stereocenters. The lowest BCUT2D eigenvalue weighted by molar-refractivity contribution is -0.138. The highest BCUT2D eigenvalue weighted by Gasteiger charge is 2.20. The lowest BCUT2D eigenvalue weighted by atomic mass is 10.0. The Bertz CT molecular complexity index is 457. The van der Waals surface area contributed by atoms with Gasteiger partial charge < -0.3 is 9.51 Å². The van der Waals surface area contributed by atoms with E-state index in [0.29, 0.717) is 12.1 Å². The molecule has 0 aliphatic heterocycles. The summed E-state index contributed by atoms with van der Waals surface area (Å²) in [7, 11) is 0. The van der Waals surface area contributed by atoms with Crippen LogP contribution < -0.4 is 0 Å². The summed E-state index contributed by atoms with van der Waals surface area (Å²) in [5.74, 6) is -1.33. The Morgan fingerprint density at radius 3 is 3.00 bits per heavy atom. The van der Waals surface area contributed by atoms with Crippen molar-refractivity contribution in [1.82, 2.24) is 9.38 Å². The van der Waals surface area contributed by atoms with E-state index >= 15 is 0 Å². The Hall–Kier alpha value is -1.84. The zero-order chi connectivity index (χ0) is 10.8. The van der Waals surface area contributed by atoms with Crippen LogP contribution in [-0.2, 0) is 4.79 Å². The van der Waals surface area contributed by atoms with E-state index in [1.807, 2.05) is 35.7 Å². The molecule has 2 rings (SSSR count). The SMILES string of the molecule is CCC(C(=O)O)c1cn2ccccc2n1. The van der Waals surface area contributed by atoms with Gasteiger partial charge in [-0.2, -0.15) is 0 Å². The summed E-state index contributed by atoms with van der Waals surface area (Å²) < 4.78 is 1.83. The first-order chi connectivity index (χ1) is 7.22. The number of pyridine rings is 1. The minimum atomic E-state index is -0.819. The maximum atomic E-state index is 11.0. The minimum absolute atomic E-state index is 0.509. The third kappa shape index (κ3) is 1.70. The number of aromatic nitrogens is 2. The second-order valence-corrected chi connectivity index (χ2v) is 3.43. The standard InChI is InChI=1S/C11H12N2O2/c1-2-8(11(14)15)9-7-13-6-4-3-5-10(13)12-9/h3-8H,2H2,1H3,(H,14,15). The van der Waals surface area contributed by atoms with Gasteiger partial charge in [0.15, 0.2) is 0 Å². The summed E-state index contributed by atoms with van der Waals surface area (Å²) >= 11 is 0. The van der Waals surface area contributed by atoms with Crippen LogP contribution >= 0.6 is 0 Å². The van der Waals surface area contributed by atoms with Crippen LogP contribution in [0.3, 0.4) is 0 Å². The van der Waals surface area contributed by atoms with Gasteiger partial charge in [-0.05, 0) is 18.6 Å². The number of carboxylic acids is 1. The fraction of sp³-hybridized carbons (Fsp3) is 0.273. The van der Waals surface area contributed by atoms with Crippen LogP contribution in [0.2, 0.25) is 0 Å². The van der Waals surface area contributed by atoms with Crippen LogP contribution in [0.4, 0.5) is 0 Å². The molecule has 2 heterocycles. The highest BCUT2D eigenvalue weighted by atomic mass is 16.4. The zero-order valence-electron chi connectivity index (χ0n) is 8.42. The molecular formula is C11H12N2O2. The summed E-state index contributed by atoms with van der Waals surface area (Å²) in [6.45, 7) is 1.85. The number of imidazole rings is 1. The lowest BCUT2D eigenvalue weighted by Gasteiger charge is -2.04. The van der Waals surface area contributed by atoms with Crippen molar-refractivity contribution in [3.05, 3.63) is 36.3 Å². The Morgan fingerprint density at radius 1 is 1.60 bits per heavy atom. The van der Waals surface area contributed by atoms with E-state index < -0.39 is 11.9 Å². The molecular weight excluding hydrogens is 192 g/mol. The maximum absolute atomic E-state index is 11.0. The quantitative estimate of drug-likeness (QED) is 0.830. The first-order valence-corrected chi connectivity index (χ1v) is 4.89. The molecule has 0 aliphatic rings. The molecule has 0 bridgehead atoms. The van der Waals surface area contributed by atoms with E-state index in [1.165, 1.54) is 0 Å². The zero-order valence-corrected chi connectivity index (χ0v) is 8.42. The van der Waals surface area contributed by atoms with Gasteiger partial charge in [-0.1, -0.05) is 13.0 Å². The summed E-state index contributed by atoms with van der Waals surface area (Å²) in [5.41, 5.74) is 1.41. The van der Waals surface area contributed by atoms with Gasteiger partial charge >= 0.3 is 5.97 Å². The van der Waals surface area contributed by atoms with Gasteiger partial charge in [0.1, 0.15) is 11.6 Å². The van der Waals surface area contributed by atoms with Crippen molar-refractivity contribution in [2.45, 2.75) is 19.3 Å². The average Bonchev–Trinajstić information content (AvgIpc) is 2.61. The maximum Gasteiger partial charge on any atom is 0.312 e. The predicted molar refractivity (Wildman–Crippen MR) is 55.9 cm³/mol. The van der Waals surface area contributed by atoms with Gasteiger partial charge in [-0.3, -0.25) is 4.79 Å². The smallest absolute Gasteiger partial charge is 0.312 e. The van der Waals surface area contributed by atoms with Gasteiger partial charge in [-0.15, -0.1) is 0 Å². The van der Waals surface area contributed by atoms with Crippen molar-refractivity contribution in [3.63, 3.8) is 0 Å². The molecule has 4 nitrogen and oxygen atoms in total. The number of rotatable bonds is 3. The highest BCUT2D eigenvalue weighted by Crippen LogP contribution is 2.19. The molecule has 0 aromatic carbocycles. The second kappa shape index (κ2) is 3.73. The monoisotopic (exact) mass is 204 g/mol. The molecule has 0 amide bonds. The Balaban J connectivity index is 2.47. The predicted octanol–water partition coefficient (Wildman–Crippen LogP) is 1.91. The molecule has 78 valence electrons. The third-order valence-electron chi connectivity index (χ3n) is 2.45. The molecule has 1 atom stereocenters. The van der Waals surface area contributed by atoms with Crippen LogP contribution in [0.25, 0.3) is 5.65 Å². The number of carbonyl (C=O) groups is 1. The molecule has 0 spiro atoms. The summed E-state index contributed by atoms with van der Waals surface area (Å²) in [6.07, 6.45) is 4.19. The second-order valence-electron chi connectivity index (χ2n) is 3.43. The molecule has 0 saturated carbocycles. The molecule has 0 fully saturated rings. The molecule has 2 aromatic heterocycles. The van der Waals surface area contributed by atoms with E-state index in [0.717, 1.165) is 5.65 Å². The van der Waals surface area contributed by atoms with E-state index in [4.69, 9.17) is 5.11 Å². The number of nitrogens with zero attached hydrogens (tertiary/aromatic N) is 2. The summed E-state index contributed by atoms with van der Waals surface area (Å²) in [6, 6.07) is 5.63. The van der Waals surface area contributed by atoms with Crippen LogP contribution in [0, 0.1) is 0 Å². The van der Waals surface area contributed by atoms with Crippen molar-refractivity contribution < 1.29 is 9.90 Å². The Labute approximate surface area is 87.2 Å². The molecule has 4 heteroatoms. The number of fused-ring (bicyclic) bond motifs is 1. The van der Waals surface area contributed by atoms with Gasteiger partial charge in [0, 0.05) is 12.4 Å². The number of carboxylic acid groups (broad SMARTS) is 1. The van der Waals surface area contributed by atoms with Gasteiger partial charge in [-0.25, -0.2) is 4.98 Å². The van der Waals surface area contributed by atoms with Crippen molar-refractivity contribution in [1.29, 1.82) is 0 Å². The first kappa shape index (κ1) is 9.71. The topological polar surface area (TPSA) is 54.6 Å².